The number of hydrogen-bond acceptors (Lipinski definition) is 2. The fraction of sp³-hybridized carbons (Fsp3) is 1.00. The van der Waals surface area contributed by atoms with Crippen LogP contribution in [0, 0.1) is 11.8 Å². The van der Waals surface area contributed by atoms with Crippen molar-refractivity contribution in [1.82, 2.24) is 10.2 Å². The molecule has 2 unspecified atom stereocenters. The van der Waals surface area contributed by atoms with E-state index in [1.807, 2.05) is 0 Å². The van der Waals surface area contributed by atoms with E-state index in [1.54, 1.807) is 0 Å². The van der Waals surface area contributed by atoms with Crippen LogP contribution in [0.5, 0.6) is 0 Å². The largest absolute Gasteiger partial charge is 0.311 e. The Labute approximate surface area is 93.4 Å². The standard InChI is InChI=1S/C13H24N2/c1-2-7-15-9-12(10-3-4-10)14-8-13(15)11-5-6-11/h10-14H,2-9H2,1H3. The molecule has 0 amide bonds. The van der Waals surface area contributed by atoms with Gasteiger partial charge < -0.3 is 5.32 Å². The third-order valence-electron chi connectivity index (χ3n) is 4.36. The highest BCUT2D eigenvalue weighted by molar-refractivity contribution is 4.98. The predicted octanol–water partition coefficient (Wildman–Crippen LogP) is 1.86. The Bertz CT molecular complexity index is 221. The van der Waals surface area contributed by atoms with Crippen molar-refractivity contribution in [3.05, 3.63) is 0 Å². The third-order valence-corrected chi connectivity index (χ3v) is 4.36. The number of nitrogens with zero attached hydrogens (tertiary/aromatic N) is 1. The Hall–Kier alpha value is -0.0800. The van der Waals surface area contributed by atoms with Crippen molar-refractivity contribution < 1.29 is 0 Å². The first-order chi connectivity index (χ1) is 7.38. The summed E-state index contributed by atoms with van der Waals surface area (Å²) in [5.41, 5.74) is 0. The molecule has 0 bridgehead atoms. The minimum absolute atomic E-state index is 0.826. The van der Waals surface area contributed by atoms with E-state index >= 15 is 0 Å². The molecule has 2 saturated carbocycles. The lowest BCUT2D eigenvalue weighted by molar-refractivity contribution is 0.108. The zero-order chi connectivity index (χ0) is 10.3. The average Bonchev–Trinajstić information content (AvgIpc) is 3.11. The van der Waals surface area contributed by atoms with Gasteiger partial charge in [0.2, 0.25) is 0 Å². The monoisotopic (exact) mass is 208 g/mol. The molecule has 0 aromatic rings. The molecule has 15 heavy (non-hydrogen) atoms. The van der Waals surface area contributed by atoms with Gasteiger partial charge in [0.05, 0.1) is 0 Å². The van der Waals surface area contributed by atoms with Gasteiger partial charge in [-0.2, -0.15) is 0 Å². The number of nitrogens with one attached hydrogen (secondary N) is 1. The van der Waals surface area contributed by atoms with Crippen molar-refractivity contribution in [2.24, 2.45) is 11.8 Å². The number of piperazine rings is 1. The second-order valence-corrected chi connectivity index (χ2v) is 5.75. The zero-order valence-corrected chi connectivity index (χ0v) is 9.91. The van der Waals surface area contributed by atoms with Gasteiger partial charge in [-0.05, 0) is 50.5 Å². The second-order valence-electron chi connectivity index (χ2n) is 5.75. The van der Waals surface area contributed by atoms with E-state index in [9.17, 15) is 0 Å². The maximum atomic E-state index is 3.80. The van der Waals surface area contributed by atoms with Crippen LogP contribution >= 0.6 is 0 Å². The SMILES string of the molecule is CCCN1CC(C2CC2)NCC1C1CC1. The molecule has 86 valence electrons. The molecule has 1 N–H and O–H groups in total. The van der Waals surface area contributed by atoms with Gasteiger partial charge in [-0.25, -0.2) is 0 Å². The Morgan fingerprint density at radius 1 is 1.13 bits per heavy atom. The molecule has 3 fully saturated rings. The molecule has 2 nitrogen and oxygen atoms in total. The van der Waals surface area contributed by atoms with E-state index in [-0.39, 0.29) is 0 Å². The topological polar surface area (TPSA) is 15.3 Å². The van der Waals surface area contributed by atoms with Crippen LogP contribution in [0.15, 0.2) is 0 Å². The average molecular weight is 208 g/mol. The van der Waals surface area contributed by atoms with E-state index < -0.39 is 0 Å². The first-order valence-electron chi connectivity index (χ1n) is 6.86. The maximum absolute atomic E-state index is 3.80. The highest BCUT2D eigenvalue weighted by atomic mass is 15.2. The van der Waals surface area contributed by atoms with Crippen molar-refractivity contribution in [2.75, 3.05) is 19.6 Å². The third kappa shape index (κ3) is 2.21. The minimum Gasteiger partial charge on any atom is -0.311 e. The number of hydrogen-bond donors (Lipinski definition) is 1. The highest BCUT2D eigenvalue weighted by Crippen LogP contribution is 2.39. The summed E-state index contributed by atoms with van der Waals surface area (Å²) in [6, 6.07) is 1.70. The lowest BCUT2D eigenvalue weighted by atomic mass is 10.0. The van der Waals surface area contributed by atoms with Crippen molar-refractivity contribution >= 4 is 0 Å². The molecule has 1 heterocycles. The first-order valence-corrected chi connectivity index (χ1v) is 6.86. The van der Waals surface area contributed by atoms with Gasteiger partial charge in [0.1, 0.15) is 0 Å². The molecule has 1 aliphatic heterocycles. The summed E-state index contributed by atoms with van der Waals surface area (Å²) in [7, 11) is 0. The Balaban J connectivity index is 1.60. The molecule has 0 aromatic carbocycles. The van der Waals surface area contributed by atoms with Crippen molar-refractivity contribution in [3.63, 3.8) is 0 Å². The Kier molecular flexibility index (Phi) is 2.73. The first kappa shape index (κ1) is 10.1. The normalized spacial score (nSPS) is 38.2. The van der Waals surface area contributed by atoms with Gasteiger partial charge in [0.25, 0.3) is 0 Å². The minimum atomic E-state index is 0.826. The van der Waals surface area contributed by atoms with Gasteiger partial charge in [-0.3, -0.25) is 4.90 Å². The van der Waals surface area contributed by atoms with E-state index in [4.69, 9.17) is 0 Å². The van der Waals surface area contributed by atoms with Gasteiger partial charge in [0, 0.05) is 25.2 Å². The van der Waals surface area contributed by atoms with Crippen molar-refractivity contribution in [3.8, 4) is 0 Å². The summed E-state index contributed by atoms with van der Waals surface area (Å²) in [4.78, 5) is 2.79. The molecule has 3 rings (SSSR count). The van der Waals surface area contributed by atoms with Crippen LogP contribution in [0.2, 0.25) is 0 Å². The molecule has 2 heteroatoms. The van der Waals surface area contributed by atoms with Crippen LogP contribution in [-0.2, 0) is 0 Å². The van der Waals surface area contributed by atoms with E-state index in [2.05, 4.69) is 17.1 Å². The van der Waals surface area contributed by atoms with Gasteiger partial charge >= 0.3 is 0 Å². The molecule has 0 spiro atoms. The van der Waals surface area contributed by atoms with Gasteiger partial charge in [-0.15, -0.1) is 0 Å². The Morgan fingerprint density at radius 3 is 2.47 bits per heavy atom. The number of rotatable bonds is 4. The van der Waals surface area contributed by atoms with Crippen LogP contribution in [0.25, 0.3) is 0 Å². The summed E-state index contributed by atoms with van der Waals surface area (Å²) in [6.07, 6.45) is 7.25. The maximum Gasteiger partial charge on any atom is 0.0249 e. The Morgan fingerprint density at radius 2 is 1.87 bits per heavy atom. The van der Waals surface area contributed by atoms with Crippen LogP contribution < -0.4 is 5.32 Å². The van der Waals surface area contributed by atoms with E-state index in [0.717, 1.165) is 23.9 Å². The lowest BCUT2D eigenvalue weighted by Crippen LogP contribution is -2.58. The fourth-order valence-electron chi connectivity index (χ4n) is 3.16. The molecular formula is C13H24N2. The van der Waals surface area contributed by atoms with Crippen molar-refractivity contribution in [2.45, 2.75) is 51.1 Å². The summed E-state index contributed by atoms with van der Waals surface area (Å²) in [6.45, 7) is 6.25. The lowest BCUT2D eigenvalue weighted by Gasteiger charge is -2.41. The fourth-order valence-corrected chi connectivity index (χ4v) is 3.16. The predicted molar refractivity (Wildman–Crippen MR) is 62.9 cm³/mol. The van der Waals surface area contributed by atoms with Gasteiger partial charge in [0.15, 0.2) is 0 Å². The highest BCUT2D eigenvalue weighted by Gasteiger charge is 2.41. The summed E-state index contributed by atoms with van der Waals surface area (Å²) in [5.74, 6) is 2.05. The summed E-state index contributed by atoms with van der Waals surface area (Å²) >= 11 is 0. The van der Waals surface area contributed by atoms with Gasteiger partial charge in [-0.1, -0.05) is 6.92 Å². The molecule has 0 aromatic heterocycles. The van der Waals surface area contributed by atoms with Crippen molar-refractivity contribution in [1.29, 1.82) is 0 Å². The second kappa shape index (κ2) is 4.06. The van der Waals surface area contributed by atoms with Crippen LogP contribution in [0.1, 0.15) is 39.0 Å². The molecular weight excluding hydrogens is 184 g/mol. The summed E-state index contributed by atoms with van der Waals surface area (Å²) < 4.78 is 0. The zero-order valence-electron chi connectivity index (χ0n) is 9.91. The van der Waals surface area contributed by atoms with E-state index in [0.29, 0.717) is 0 Å². The van der Waals surface area contributed by atoms with E-state index in [1.165, 1.54) is 51.7 Å². The van der Waals surface area contributed by atoms with Crippen LogP contribution in [0.4, 0.5) is 0 Å². The molecule has 1 saturated heterocycles. The molecule has 2 aliphatic carbocycles. The van der Waals surface area contributed by atoms with Crippen LogP contribution in [-0.4, -0.2) is 36.6 Å². The molecule has 0 radical (unpaired) electrons. The quantitative estimate of drug-likeness (QED) is 0.758. The molecule has 3 aliphatic rings. The molecule has 2 atom stereocenters. The smallest absolute Gasteiger partial charge is 0.0249 e. The van der Waals surface area contributed by atoms with Crippen LogP contribution in [0.3, 0.4) is 0 Å². The summed E-state index contributed by atoms with van der Waals surface area (Å²) in [5, 5.41) is 3.80.